The summed E-state index contributed by atoms with van der Waals surface area (Å²) >= 11 is 0. The third-order valence-corrected chi connectivity index (χ3v) is 6.07. The van der Waals surface area contributed by atoms with Gasteiger partial charge in [0.25, 0.3) is 0 Å². The van der Waals surface area contributed by atoms with Crippen LogP contribution in [0.5, 0.6) is 0 Å². The van der Waals surface area contributed by atoms with Crippen LogP contribution in [0.4, 0.5) is 0 Å². The Kier molecular flexibility index (Phi) is 12.4. The lowest BCUT2D eigenvalue weighted by molar-refractivity contribution is -0.195. The summed E-state index contributed by atoms with van der Waals surface area (Å²) in [7, 11) is 0. The topological polar surface area (TPSA) is 167 Å². The first-order valence-corrected chi connectivity index (χ1v) is 12.4. The molecule has 0 aromatic carbocycles. The zero-order valence-corrected chi connectivity index (χ0v) is 22.1. The van der Waals surface area contributed by atoms with Gasteiger partial charge in [-0.3, -0.25) is 15.0 Å². The van der Waals surface area contributed by atoms with Crippen LogP contribution in [0, 0.1) is 23.2 Å². The van der Waals surface area contributed by atoms with Crippen molar-refractivity contribution in [2.45, 2.75) is 105 Å². The first kappa shape index (κ1) is 30.6. The summed E-state index contributed by atoms with van der Waals surface area (Å²) < 4.78 is 17.3. The van der Waals surface area contributed by atoms with Gasteiger partial charge < -0.3 is 31.0 Å². The predicted octanol–water partition coefficient (Wildman–Crippen LogP) is 2.39. The quantitative estimate of drug-likeness (QED) is 0.130. The van der Waals surface area contributed by atoms with E-state index in [1.807, 2.05) is 13.8 Å². The maximum absolute atomic E-state index is 13.2. The molecule has 0 fully saturated rings. The molecule has 5 atom stereocenters. The van der Waals surface area contributed by atoms with E-state index in [-0.39, 0.29) is 48.4 Å². The standard InChI is InChI=1S/C25H44N4O6/c1-8-18(9-2)33-19-11-17(10-16(12-20(26)27)22(19)29-15(7)30)23(31)34-25(14(5)6)35-24(32)21(28)13(3)4/h11,13-14,16,18-19,21-22,25H,8-10,12,28H2,1-7H3,(H3,26,27)(H,29,30)/t16-,19-,21-,22-,25?/m1/s1. The molecule has 0 radical (unpaired) electrons. The fourth-order valence-electron chi connectivity index (χ4n) is 3.89. The fourth-order valence-corrected chi connectivity index (χ4v) is 3.89. The molecule has 0 spiro atoms. The average Bonchev–Trinajstić information content (AvgIpc) is 2.76. The summed E-state index contributed by atoms with van der Waals surface area (Å²) in [6, 6.07) is -1.30. The lowest BCUT2D eigenvalue weighted by Gasteiger charge is -2.38. The van der Waals surface area contributed by atoms with Gasteiger partial charge in [0, 0.05) is 24.8 Å². The molecule has 0 aromatic heterocycles. The summed E-state index contributed by atoms with van der Waals surface area (Å²) in [5.74, 6) is -2.37. The van der Waals surface area contributed by atoms with Crippen molar-refractivity contribution < 1.29 is 28.6 Å². The van der Waals surface area contributed by atoms with Gasteiger partial charge >= 0.3 is 11.9 Å². The third kappa shape index (κ3) is 9.60. The van der Waals surface area contributed by atoms with Crippen LogP contribution in [-0.4, -0.2) is 54.3 Å². The van der Waals surface area contributed by atoms with E-state index in [0.29, 0.717) is 5.57 Å². The van der Waals surface area contributed by atoms with E-state index in [4.69, 9.17) is 31.1 Å². The smallest absolute Gasteiger partial charge is 0.336 e. The van der Waals surface area contributed by atoms with Gasteiger partial charge in [0.2, 0.25) is 12.2 Å². The lowest BCUT2D eigenvalue weighted by atomic mass is 9.80. The normalized spacial score (nSPS) is 21.9. The van der Waals surface area contributed by atoms with Gasteiger partial charge in [-0.25, -0.2) is 4.79 Å². The number of amidine groups is 1. The number of esters is 2. The van der Waals surface area contributed by atoms with Crippen LogP contribution in [0.15, 0.2) is 11.6 Å². The number of carbonyl (C=O) groups excluding carboxylic acids is 3. The van der Waals surface area contributed by atoms with E-state index in [1.165, 1.54) is 6.92 Å². The maximum Gasteiger partial charge on any atom is 0.336 e. The second-order valence-electron chi connectivity index (χ2n) is 9.88. The molecular weight excluding hydrogens is 452 g/mol. The molecular formula is C25H44N4O6. The van der Waals surface area contributed by atoms with E-state index in [9.17, 15) is 14.4 Å². The molecule has 0 saturated carbocycles. The van der Waals surface area contributed by atoms with Crippen molar-refractivity contribution >= 4 is 23.7 Å². The van der Waals surface area contributed by atoms with Crippen molar-refractivity contribution in [2.75, 3.05) is 0 Å². The zero-order valence-electron chi connectivity index (χ0n) is 22.1. The second-order valence-corrected chi connectivity index (χ2v) is 9.88. The predicted molar refractivity (Wildman–Crippen MR) is 133 cm³/mol. The molecule has 35 heavy (non-hydrogen) atoms. The monoisotopic (exact) mass is 496 g/mol. The van der Waals surface area contributed by atoms with E-state index in [1.54, 1.807) is 33.8 Å². The van der Waals surface area contributed by atoms with Crippen molar-refractivity contribution in [2.24, 2.45) is 29.2 Å². The minimum Gasteiger partial charge on any atom is -0.424 e. The molecule has 1 aliphatic rings. The molecule has 1 aliphatic carbocycles. The number of hydrogen-bond acceptors (Lipinski definition) is 8. The fraction of sp³-hybridized carbons (Fsp3) is 0.760. The molecule has 0 aromatic rings. The number of nitrogens with two attached hydrogens (primary N) is 2. The number of hydrogen-bond donors (Lipinski definition) is 4. The summed E-state index contributed by atoms with van der Waals surface area (Å²) in [6.45, 7) is 12.6. The highest BCUT2D eigenvalue weighted by atomic mass is 16.7. The van der Waals surface area contributed by atoms with E-state index >= 15 is 0 Å². The molecule has 6 N–H and O–H groups in total. The molecule has 1 rings (SSSR count). The van der Waals surface area contributed by atoms with E-state index in [0.717, 1.165) is 12.8 Å². The van der Waals surface area contributed by atoms with Crippen molar-refractivity contribution in [3.63, 3.8) is 0 Å². The number of nitrogens with one attached hydrogen (secondary N) is 2. The first-order chi connectivity index (χ1) is 16.3. The Balaban J connectivity index is 3.23. The summed E-state index contributed by atoms with van der Waals surface area (Å²) in [6.07, 6.45) is 1.76. The Morgan fingerprint density at radius 1 is 1.11 bits per heavy atom. The van der Waals surface area contributed by atoms with Gasteiger partial charge in [0.1, 0.15) is 6.04 Å². The molecule has 10 nitrogen and oxygen atoms in total. The lowest BCUT2D eigenvalue weighted by Crippen LogP contribution is -2.52. The van der Waals surface area contributed by atoms with Gasteiger partial charge in [-0.15, -0.1) is 0 Å². The van der Waals surface area contributed by atoms with Crippen LogP contribution in [0.2, 0.25) is 0 Å². The van der Waals surface area contributed by atoms with Gasteiger partial charge in [0.15, 0.2) is 0 Å². The first-order valence-electron chi connectivity index (χ1n) is 12.4. The largest absolute Gasteiger partial charge is 0.424 e. The molecule has 0 saturated heterocycles. The Bertz CT molecular complexity index is 778. The van der Waals surface area contributed by atoms with Gasteiger partial charge in [-0.1, -0.05) is 41.5 Å². The number of ether oxygens (including phenoxy) is 3. The summed E-state index contributed by atoms with van der Waals surface area (Å²) in [5, 5.41) is 10.7. The van der Waals surface area contributed by atoms with Crippen molar-refractivity contribution in [3.8, 4) is 0 Å². The van der Waals surface area contributed by atoms with Crippen molar-refractivity contribution in [1.29, 1.82) is 5.41 Å². The van der Waals surface area contributed by atoms with Crippen molar-refractivity contribution in [1.82, 2.24) is 5.32 Å². The molecule has 10 heteroatoms. The highest BCUT2D eigenvalue weighted by Gasteiger charge is 2.39. The third-order valence-electron chi connectivity index (χ3n) is 6.07. The van der Waals surface area contributed by atoms with Gasteiger partial charge in [-0.2, -0.15) is 0 Å². The van der Waals surface area contributed by atoms with E-state index in [2.05, 4.69) is 5.32 Å². The molecule has 0 bridgehead atoms. The highest BCUT2D eigenvalue weighted by molar-refractivity contribution is 5.89. The van der Waals surface area contributed by atoms with Crippen LogP contribution in [0.25, 0.3) is 0 Å². The molecule has 0 heterocycles. The van der Waals surface area contributed by atoms with Crippen LogP contribution in [0.3, 0.4) is 0 Å². The summed E-state index contributed by atoms with van der Waals surface area (Å²) in [5.41, 5.74) is 11.9. The Hall–Kier alpha value is -2.46. The minimum absolute atomic E-state index is 0.0575. The second kappa shape index (κ2) is 14.2. The summed E-state index contributed by atoms with van der Waals surface area (Å²) in [4.78, 5) is 37.5. The Labute approximate surface area is 209 Å². The van der Waals surface area contributed by atoms with Crippen LogP contribution in [-0.2, 0) is 28.6 Å². The Morgan fingerprint density at radius 2 is 1.71 bits per heavy atom. The van der Waals surface area contributed by atoms with E-state index < -0.39 is 36.4 Å². The average molecular weight is 497 g/mol. The number of amides is 1. The highest BCUT2D eigenvalue weighted by Crippen LogP contribution is 2.32. The Morgan fingerprint density at radius 3 is 2.17 bits per heavy atom. The molecule has 200 valence electrons. The maximum atomic E-state index is 13.2. The zero-order chi connectivity index (χ0) is 26.9. The minimum atomic E-state index is -1.11. The van der Waals surface area contributed by atoms with Gasteiger partial charge in [-0.05, 0) is 37.2 Å². The van der Waals surface area contributed by atoms with Crippen LogP contribution < -0.4 is 16.8 Å². The molecule has 1 unspecified atom stereocenters. The van der Waals surface area contributed by atoms with Crippen LogP contribution >= 0.6 is 0 Å². The molecule has 0 aliphatic heterocycles. The molecule has 1 amide bonds. The van der Waals surface area contributed by atoms with Crippen LogP contribution in [0.1, 0.15) is 74.1 Å². The van der Waals surface area contributed by atoms with Gasteiger partial charge in [0.05, 0.1) is 24.1 Å². The number of rotatable bonds is 13. The SMILES string of the molecule is CCC(CC)O[C@@H]1C=C(C(=O)OC(OC(=O)[C@H](N)C(C)C)C(C)C)C[C@H](CC(=N)N)[C@H]1NC(C)=O. The van der Waals surface area contributed by atoms with Crippen molar-refractivity contribution in [3.05, 3.63) is 11.6 Å². The number of carbonyl (C=O) groups is 3.